The molecule has 1 aliphatic carbocycles. The van der Waals surface area contributed by atoms with Crippen molar-refractivity contribution in [2.75, 3.05) is 0 Å². The molecule has 2 aromatic rings. The molecule has 2 nitrogen and oxygen atoms in total. The van der Waals surface area contributed by atoms with Gasteiger partial charge in [-0.2, -0.15) is 0 Å². The summed E-state index contributed by atoms with van der Waals surface area (Å²) in [6.45, 7) is 5.66. The number of nitrogens with one attached hydrogen (secondary N) is 1. The van der Waals surface area contributed by atoms with Crippen molar-refractivity contribution in [3.05, 3.63) is 42.1 Å². The highest BCUT2D eigenvalue weighted by molar-refractivity contribution is 5.81. The molecule has 3 rings (SSSR count). The van der Waals surface area contributed by atoms with E-state index in [0.29, 0.717) is 11.5 Å². The molecular weight excluding hydrogens is 232 g/mol. The van der Waals surface area contributed by atoms with Gasteiger partial charge in [0.2, 0.25) is 0 Å². The third kappa shape index (κ3) is 2.79. The van der Waals surface area contributed by atoms with Gasteiger partial charge in [-0.15, -0.1) is 0 Å². The van der Waals surface area contributed by atoms with E-state index in [4.69, 9.17) is 0 Å². The predicted molar refractivity (Wildman–Crippen MR) is 80.0 cm³/mol. The van der Waals surface area contributed by atoms with Gasteiger partial charge in [0, 0.05) is 24.2 Å². The second-order valence-electron chi connectivity index (χ2n) is 6.48. The molecule has 1 saturated carbocycles. The molecule has 1 aromatic heterocycles. The van der Waals surface area contributed by atoms with Gasteiger partial charge in [-0.3, -0.25) is 4.98 Å². The molecule has 1 atom stereocenters. The van der Waals surface area contributed by atoms with Crippen LogP contribution in [0.4, 0.5) is 0 Å². The van der Waals surface area contributed by atoms with Crippen LogP contribution in [0.25, 0.3) is 10.9 Å². The van der Waals surface area contributed by atoms with E-state index >= 15 is 0 Å². The third-order valence-electron chi connectivity index (χ3n) is 4.27. The number of para-hydroxylation sites is 1. The first kappa shape index (κ1) is 12.6. The molecule has 19 heavy (non-hydrogen) atoms. The van der Waals surface area contributed by atoms with Crippen LogP contribution in [0.15, 0.2) is 36.5 Å². The van der Waals surface area contributed by atoms with Gasteiger partial charge in [-0.25, -0.2) is 0 Å². The van der Waals surface area contributed by atoms with Gasteiger partial charge in [0.05, 0.1) is 5.52 Å². The number of aromatic nitrogens is 1. The smallest absolute Gasteiger partial charge is 0.0746 e. The van der Waals surface area contributed by atoms with Gasteiger partial charge in [0.1, 0.15) is 0 Å². The molecule has 1 heterocycles. The van der Waals surface area contributed by atoms with E-state index in [1.54, 1.807) is 0 Å². The monoisotopic (exact) mass is 254 g/mol. The zero-order valence-electron chi connectivity index (χ0n) is 11.8. The molecule has 1 unspecified atom stereocenters. The first-order valence-corrected chi connectivity index (χ1v) is 7.20. The maximum absolute atomic E-state index is 4.51. The van der Waals surface area contributed by atoms with Crippen molar-refractivity contribution in [2.45, 2.75) is 45.7 Å². The lowest BCUT2D eigenvalue weighted by Crippen LogP contribution is -2.26. The lowest BCUT2D eigenvalue weighted by molar-refractivity contribution is 0.364. The minimum atomic E-state index is 0.509. The summed E-state index contributed by atoms with van der Waals surface area (Å²) in [6.07, 6.45) is 5.79. The highest BCUT2D eigenvalue weighted by Crippen LogP contribution is 2.37. The van der Waals surface area contributed by atoms with E-state index in [9.17, 15) is 0 Å². The lowest BCUT2D eigenvalue weighted by Gasteiger charge is -2.18. The van der Waals surface area contributed by atoms with Crippen molar-refractivity contribution in [3.8, 4) is 0 Å². The standard InChI is InChI=1S/C17H22N2/c1-17(2)9-8-15(11-17)19-12-14-6-3-5-13-7-4-10-18-16(13)14/h3-7,10,15,19H,8-9,11-12H2,1-2H3. The van der Waals surface area contributed by atoms with Crippen LogP contribution in [0.2, 0.25) is 0 Å². The number of nitrogens with zero attached hydrogens (tertiary/aromatic N) is 1. The number of hydrogen-bond donors (Lipinski definition) is 1. The van der Waals surface area contributed by atoms with Crippen LogP contribution in [0, 0.1) is 5.41 Å². The zero-order valence-corrected chi connectivity index (χ0v) is 11.8. The Morgan fingerprint density at radius 3 is 2.89 bits per heavy atom. The Balaban J connectivity index is 1.72. The molecular formula is C17H22N2. The topological polar surface area (TPSA) is 24.9 Å². The minimum absolute atomic E-state index is 0.509. The first-order valence-electron chi connectivity index (χ1n) is 7.20. The largest absolute Gasteiger partial charge is 0.310 e. The Labute approximate surface area is 115 Å². The molecule has 1 fully saturated rings. The second-order valence-corrected chi connectivity index (χ2v) is 6.48. The average Bonchev–Trinajstić information content (AvgIpc) is 2.76. The Hall–Kier alpha value is -1.41. The van der Waals surface area contributed by atoms with Crippen molar-refractivity contribution in [3.63, 3.8) is 0 Å². The highest BCUT2D eigenvalue weighted by atomic mass is 14.9. The molecule has 0 spiro atoms. The zero-order chi connectivity index (χ0) is 13.3. The number of fused-ring (bicyclic) bond motifs is 1. The number of pyridine rings is 1. The van der Waals surface area contributed by atoms with E-state index in [1.165, 1.54) is 30.2 Å². The fourth-order valence-corrected chi connectivity index (χ4v) is 3.17. The fraction of sp³-hybridized carbons (Fsp3) is 0.471. The first-order chi connectivity index (χ1) is 9.14. The van der Waals surface area contributed by atoms with E-state index in [2.05, 4.69) is 48.4 Å². The van der Waals surface area contributed by atoms with Gasteiger partial charge in [-0.1, -0.05) is 38.1 Å². The summed E-state index contributed by atoms with van der Waals surface area (Å²) in [7, 11) is 0. The summed E-state index contributed by atoms with van der Waals surface area (Å²) >= 11 is 0. The Morgan fingerprint density at radius 2 is 2.11 bits per heavy atom. The molecule has 0 bridgehead atoms. The van der Waals surface area contributed by atoms with Crippen LogP contribution in [-0.4, -0.2) is 11.0 Å². The van der Waals surface area contributed by atoms with Crippen molar-refractivity contribution < 1.29 is 0 Å². The van der Waals surface area contributed by atoms with Crippen LogP contribution in [0.3, 0.4) is 0 Å². The summed E-state index contributed by atoms with van der Waals surface area (Å²) in [5.41, 5.74) is 2.95. The van der Waals surface area contributed by atoms with Gasteiger partial charge in [0.25, 0.3) is 0 Å². The number of benzene rings is 1. The number of rotatable bonds is 3. The molecule has 2 heteroatoms. The van der Waals surface area contributed by atoms with Gasteiger partial charge in [-0.05, 0) is 36.3 Å². The highest BCUT2D eigenvalue weighted by Gasteiger charge is 2.30. The Bertz CT molecular complexity index is 569. The normalized spacial score (nSPS) is 21.9. The molecule has 1 aromatic carbocycles. The molecule has 1 N–H and O–H groups in total. The second kappa shape index (κ2) is 4.93. The molecule has 0 aliphatic heterocycles. The van der Waals surface area contributed by atoms with Gasteiger partial charge < -0.3 is 5.32 Å². The van der Waals surface area contributed by atoms with E-state index < -0.39 is 0 Å². The Kier molecular flexibility index (Phi) is 3.28. The molecule has 0 saturated heterocycles. The van der Waals surface area contributed by atoms with E-state index in [-0.39, 0.29) is 0 Å². The molecule has 0 amide bonds. The van der Waals surface area contributed by atoms with Crippen molar-refractivity contribution in [1.82, 2.24) is 10.3 Å². The Morgan fingerprint density at radius 1 is 1.26 bits per heavy atom. The summed E-state index contributed by atoms with van der Waals surface area (Å²) in [5.74, 6) is 0. The molecule has 0 radical (unpaired) electrons. The molecule has 1 aliphatic rings. The van der Waals surface area contributed by atoms with Crippen LogP contribution >= 0.6 is 0 Å². The summed E-state index contributed by atoms with van der Waals surface area (Å²) in [4.78, 5) is 4.51. The maximum atomic E-state index is 4.51. The van der Waals surface area contributed by atoms with Gasteiger partial charge in [0.15, 0.2) is 0 Å². The van der Waals surface area contributed by atoms with Crippen LogP contribution in [0.5, 0.6) is 0 Å². The van der Waals surface area contributed by atoms with Crippen molar-refractivity contribution in [2.24, 2.45) is 5.41 Å². The quantitative estimate of drug-likeness (QED) is 0.898. The van der Waals surface area contributed by atoms with Crippen molar-refractivity contribution >= 4 is 10.9 Å². The van der Waals surface area contributed by atoms with Gasteiger partial charge >= 0.3 is 0 Å². The SMILES string of the molecule is CC1(C)CCC(NCc2cccc3cccnc23)C1. The van der Waals surface area contributed by atoms with Crippen LogP contribution < -0.4 is 5.32 Å². The average molecular weight is 254 g/mol. The number of hydrogen-bond acceptors (Lipinski definition) is 2. The van der Waals surface area contributed by atoms with E-state index in [1.807, 2.05) is 12.3 Å². The molecule has 100 valence electrons. The van der Waals surface area contributed by atoms with Crippen LogP contribution in [-0.2, 0) is 6.54 Å². The fourth-order valence-electron chi connectivity index (χ4n) is 3.17. The van der Waals surface area contributed by atoms with E-state index in [0.717, 1.165) is 12.1 Å². The van der Waals surface area contributed by atoms with Crippen molar-refractivity contribution in [1.29, 1.82) is 0 Å². The lowest BCUT2D eigenvalue weighted by atomic mass is 9.92. The summed E-state index contributed by atoms with van der Waals surface area (Å²) < 4.78 is 0. The summed E-state index contributed by atoms with van der Waals surface area (Å²) in [5, 5.41) is 4.94. The predicted octanol–water partition coefficient (Wildman–Crippen LogP) is 3.90. The minimum Gasteiger partial charge on any atom is -0.310 e. The van der Waals surface area contributed by atoms with Crippen LogP contribution in [0.1, 0.15) is 38.7 Å². The summed E-state index contributed by atoms with van der Waals surface area (Å²) in [6, 6.07) is 11.2. The maximum Gasteiger partial charge on any atom is 0.0746 e. The third-order valence-corrected chi connectivity index (χ3v) is 4.27.